The molecule has 8 heteroatoms. The van der Waals surface area contributed by atoms with E-state index in [0.717, 1.165) is 20.2 Å². The zero-order valence-corrected chi connectivity index (χ0v) is 17.8. The fraction of sp³-hybridized carbons (Fsp3) is 0.0417. The van der Waals surface area contributed by atoms with E-state index >= 15 is 0 Å². The van der Waals surface area contributed by atoms with Crippen LogP contribution in [0.2, 0.25) is 0 Å². The average molecular weight is 447 g/mol. The minimum absolute atomic E-state index is 0.0607. The molecule has 160 valence electrons. The highest BCUT2D eigenvalue weighted by Crippen LogP contribution is 2.29. The van der Waals surface area contributed by atoms with Crippen molar-refractivity contribution in [3.8, 4) is 11.4 Å². The van der Waals surface area contributed by atoms with Gasteiger partial charge in [-0.1, -0.05) is 11.8 Å². The average Bonchev–Trinajstić information content (AvgIpc) is 2.82. The second-order valence-electron chi connectivity index (χ2n) is 6.70. The van der Waals surface area contributed by atoms with Gasteiger partial charge in [0, 0.05) is 21.5 Å². The highest BCUT2D eigenvalue weighted by atomic mass is 32.2. The normalized spacial score (nSPS) is 10.6. The molecule has 0 aliphatic heterocycles. The Morgan fingerprint density at radius 2 is 1.53 bits per heavy atom. The Morgan fingerprint density at radius 3 is 2.16 bits per heavy atom. The summed E-state index contributed by atoms with van der Waals surface area (Å²) in [5.41, 5.74) is 0.597. The number of hydrogen-bond donors (Lipinski definition) is 1. The number of carbonyl (C=O) groups is 1. The SMILES string of the molecule is COc1ccc(Sc2ccc(NC(=O)c3ccc(=O)n(-c4ccc(F)cc4)n3)cc2)cc1. The maximum Gasteiger partial charge on any atom is 0.276 e. The van der Waals surface area contributed by atoms with Gasteiger partial charge in [-0.15, -0.1) is 0 Å². The standard InChI is InChI=1S/C24H18FN3O3S/c1-31-19-8-12-21(13-9-19)32-20-10-4-17(5-11-20)26-24(30)22-14-15-23(29)28(27-22)18-6-2-16(25)3-7-18/h2-15H,1H3,(H,26,30). The lowest BCUT2D eigenvalue weighted by Crippen LogP contribution is -2.24. The highest BCUT2D eigenvalue weighted by Gasteiger charge is 2.11. The van der Waals surface area contributed by atoms with Gasteiger partial charge in [0.2, 0.25) is 0 Å². The molecular weight excluding hydrogens is 429 g/mol. The molecule has 0 unspecified atom stereocenters. The number of amides is 1. The summed E-state index contributed by atoms with van der Waals surface area (Å²) < 4.78 is 19.4. The second-order valence-corrected chi connectivity index (χ2v) is 7.85. The molecule has 0 spiro atoms. The lowest BCUT2D eigenvalue weighted by atomic mass is 10.3. The highest BCUT2D eigenvalue weighted by molar-refractivity contribution is 7.99. The number of anilines is 1. The van der Waals surface area contributed by atoms with Crippen molar-refractivity contribution in [1.82, 2.24) is 9.78 Å². The summed E-state index contributed by atoms with van der Waals surface area (Å²) in [6.45, 7) is 0. The number of aromatic nitrogens is 2. The monoisotopic (exact) mass is 447 g/mol. The van der Waals surface area contributed by atoms with Gasteiger partial charge in [-0.25, -0.2) is 4.39 Å². The Labute approximate surface area is 187 Å². The van der Waals surface area contributed by atoms with E-state index in [1.54, 1.807) is 31.0 Å². The van der Waals surface area contributed by atoms with Crippen LogP contribution in [0.4, 0.5) is 10.1 Å². The fourth-order valence-corrected chi connectivity index (χ4v) is 3.70. The smallest absolute Gasteiger partial charge is 0.276 e. The minimum atomic E-state index is -0.462. The summed E-state index contributed by atoms with van der Waals surface area (Å²) in [4.78, 5) is 26.8. The third-order valence-corrected chi connectivity index (χ3v) is 5.53. The molecule has 0 radical (unpaired) electrons. The Kier molecular flexibility index (Phi) is 6.32. The number of nitrogens with zero attached hydrogens (tertiary/aromatic N) is 2. The predicted octanol–water partition coefficient (Wildman–Crippen LogP) is 4.78. The Morgan fingerprint density at radius 1 is 0.906 bits per heavy atom. The van der Waals surface area contributed by atoms with Crippen LogP contribution in [-0.2, 0) is 0 Å². The first-order valence-corrected chi connectivity index (χ1v) is 10.4. The largest absolute Gasteiger partial charge is 0.497 e. The number of halogens is 1. The molecule has 6 nitrogen and oxygen atoms in total. The molecule has 0 bridgehead atoms. The Bertz CT molecular complexity index is 1290. The summed E-state index contributed by atoms with van der Waals surface area (Å²) in [6.07, 6.45) is 0. The Hall–Kier alpha value is -3.91. The molecule has 1 N–H and O–H groups in total. The van der Waals surface area contributed by atoms with Crippen LogP contribution in [0.5, 0.6) is 5.75 Å². The second kappa shape index (κ2) is 9.49. The van der Waals surface area contributed by atoms with Gasteiger partial charge in [0.15, 0.2) is 0 Å². The van der Waals surface area contributed by atoms with Crippen molar-refractivity contribution >= 4 is 23.4 Å². The van der Waals surface area contributed by atoms with Gasteiger partial charge in [0.25, 0.3) is 11.5 Å². The number of ether oxygens (including phenoxy) is 1. The number of rotatable bonds is 6. The van der Waals surface area contributed by atoms with Gasteiger partial charge in [-0.05, 0) is 78.9 Å². The van der Waals surface area contributed by atoms with Crippen molar-refractivity contribution in [2.45, 2.75) is 9.79 Å². The first-order chi connectivity index (χ1) is 15.5. The van der Waals surface area contributed by atoms with Crippen molar-refractivity contribution in [3.05, 3.63) is 107 Å². The van der Waals surface area contributed by atoms with Gasteiger partial charge in [0.1, 0.15) is 17.3 Å². The number of carbonyl (C=O) groups excluding carboxylic acids is 1. The molecule has 0 aliphatic carbocycles. The van der Waals surface area contributed by atoms with E-state index in [9.17, 15) is 14.0 Å². The lowest BCUT2D eigenvalue weighted by Gasteiger charge is -2.09. The lowest BCUT2D eigenvalue weighted by molar-refractivity contribution is 0.102. The topological polar surface area (TPSA) is 73.2 Å². The van der Waals surface area contributed by atoms with Gasteiger partial charge < -0.3 is 10.1 Å². The first-order valence-electron chi connectivity index (χ1n) is 9.61. The van der Waals surface area contributed by atoms with E-state index in [2.05, 4.69) is 10.4 Å². The van der Waals surface area contributed by atoms with Crippen molar-refractivity contribution in [2.24, 2.45) is 0 Å². The van der Waals surface area contributed by atoms with Crippen LogP contribution in [0.15, 0.2) is 99.5 Å². The van der Waals surface area contributed by atoms with Crippen LogP contribution >= 0.6 is 11.8 Å². The summed E-state index contributed by atoms with van der Waals surface area (Å²) in [6, 6.07) is 23.0. The van der Waals surface area contributed by atoms with Crippen LogP contribution in [-0.4, -0.2) is 22.8 Å². The van der Waals surface area contributed by atoms with E-state index in [1.165, 1.54) is 36.4 Å². The maximum absolute atomic E-state index is 13.2. The summed E-state index contributed by atoms with van der Waals surface area (Å²) >= 11 is 1.59. The molecule has 32 heavy (non-hydrogen) atoms. The van der Waals surface area contributed by atoms with Crippen molar-refractivity contribution in [2.75, 3.05) is 12.4 Å². The molecule has 0 atom stereocenters. The molecule has 4 rings (SSSR count). The van der Waals surface area contributed by atoms with E-state index in [4.69, 9.17) is 4.74 Å². The molecule has 1 aromatic heterocycles. The minimum Gasteiger partial charge on any atom is -0.497 e. The third-order valence-electron chi connectivity index (χ3n) is 4.51. The van der Waals surface area contributed by atoms with E-state index in [-0.39, 0.29) is 5.69 Å². The molecule has 0 saturated carbocycles. The number of nitrogens with one attached hydrogen (secondary N) is 1. The zero-order chi connectivity index (χ0) is 22.5. The number of benzene rings is 3. The predicted molar refractivity (Wildman–Crippen MR) is 121 cm³/mol. The molecule has 1 amide bonds. The summed E-state index contributed by atoms with van der Waals surface area (Å²) in [7, 11) is 1.63. The van der Waals surface area contributed by atoms with Gasteiger partial charge in [-0.2, -0.15) is 9.78 Å². The van der Waals surface area contributed by atoms with Crippen LogP contribution < -0.4 is 15.6 Å². The first kappa shape index (κ1) is 21.3. The molecule has 3 aromatic carbocycles. The van der Waals surface area contributed by atoms with Gasteiger partial charge in [0.05, 0.1) is 12.8 Å². The number of hydrogen-bond acceptors (Lipinski definition) is 5. The molecular formula is C24H18FN3O3S. The van der Waals surface area contributed by atoms with Crippen molar-refractivity contribution < 1.29 is 13.9 Å². The molecule has 1 heterocycles. The molecule has 4 aromatic rings. The van der Waals surface area contributed by atoms with Gasteiger partial charge >= 0.3 is 0 Å². The van der Waals surface area contributed by atoms with Crippen LogP contribution in [0.1, 0.15) is 10.5 Å². The van der Waals surface area contributed by atoms with Crippen LogP contribution in [0, 0.1) is 5.82 Å². The van der Waals surface area contributed by atoms with Crippen LogP contribution in [0.3, 0.4) is 0 Å². The van der Waals surface area contributed by atoms with Gasteiger partial charge in [-0.3, -0.25) is 9.59 Å². The quantitative estimate of drug-likeness (QED) is 0.460. The van der Waals surface area contributed by atoms with Crippen molar-refractivity contribution in [3.63, 3.8) is 0 Å². The summed E-state index contributed by atoms with van der Waals surface area (Å²) in [5, 5.41) is 6.88. The molecule has 0 saturated heterocycles. The van der Waals surface area contributed by atoms with Crippen LogP contribution in [0.25, 0.3) is 5.69 Å². The number of methoxy groups -OCH3 is 1. The van der Waals surface area contributed by atoms with E-state index in [1.807, 2.05) is 36.4 Å². The van der Waals surface area contributed by atoms with E-state index < -0.39 is 17.3 Å². The molecule has 0 fully saturated rings. The van der Waals surface area contributed by atoms with E-state index in [0.29, 0.717) is 11.4 Å². The fourth-order valence-electron chi connectivity index (χ4n) is 2.88. The Balaban J connectivity index is 1.46. The zero-order valence-electron chi connectivity index (χ0n) is 17.0. The maximum atomic E-state index is 13.2. The third kappa shape index (κ3) is 5.04. The van der Waals surface area contributed by atoms with Crippen molar-refractivity contribution in [1.29, 1.82) is 0 Å². The molecule has 0 aliphatic rings. The summed E-state index contributed by atoms with van der Waals surface area (Å²) in [5.74, 6) is -0.0903.